The molecule has 2 unspecified atom stereocenters. The van der Waals surface area contributed by atoms with E-state index >= 15 is 0 Å². The zero-order chi connectivity index (χ0) is 24.9. The number of benzene rings is 3. The Morgan fingerprint density at radius 1 is 0.794 bits per heavy atom. The van der Waals surface area contributed by atoms with Crippen LogP contribution in [0.4, 0.5) is 0 Å². The van der Waals surface area contributed by atoms with Gasteiger partial charge >= 0.3 is 0 Å². The van der Waals surface area contributed by atoms with Crippen LogP contribution in [0.15, 0.2) is 60.7 Å². The molecule has 3 aromatic carbocycles. The van der Waals surface area contributed by atoms with Gasteiger partial charge in [0.1, 0.15) is 17.2 Å². The molecule has 3 N–H and O–H groups in total. The van der Waals surface area contributed by atoms with Crippen LogP contribution in [0.2, 0.25) is 0 Å². The van der Waals surface area contributed by atoms with Crippen molar-refractivity contribution in [2.45, 2.75) is 84.0 Å². The molecule has 0 aliphatic heterocycles. The molecule has 34 heavy (non-hydrogen) atoms. The number of hydrogen-bond acceptors (Lipinski definition) is 3. The van der Waals surface area contributed by atoms with Crippen molar-refractivity contribution in [3.8, 4) is 28.4 Å². The monoisotopic (exact) mass is 460 g/mol. The minimum absolute atomic E-state index is 0.00222. The first-order valence-electron chi connectivity index (χ1n) is 12.6. The minimum Gasteiger partial charge on any atom is -0.508 e. The quantitative estimate of drug-likeness (QED) is 0.265. The molecule has 0 radical (unpaired) electrons. The van der Waals surface area contributed by atoms with E-state index in [-0.39, 0.29) is 28.6 Å². The zero-order valence-corrected chi connectivity index (χ0v) is 21.3. The van der Waals surface area contributed by atoms with Gasteiger partial charge in [-0.3, -0.25) is 0 Å². The van der Waals surface area contributed by atoms with Crippen LogP contribution in [0.3, 0.4) is 0 Å². The summed E-state index contributed by atoms with van der Waals surface area (Å²) in [4.78, 5) is 0. The molecule has 3 heteroatoms. The highest BCUT2D eigenvalue weighted by Gasteiger charge is 2.34. The Labute approximate surface area is 205 Å². The fourth-order valence-corrected chi connectivity index (χ4v) is 5.07. The molecule has 0 heterocycles. The van der Waals surface area contributed by atoms with Crippen molar-refractivity contribution in [2.24, 2.45) is 0 Å². The standard InChI is InChI=1S/C31H40O3/c1-6-8-11-21(3)22-12-9-13-23(18-22)26-19-24(14-16-29(26)33)31(4,5)28(10-7-2)27-20-25(32)15-17-30(27)34/h9,12-21,28,32-34H,6-8,10-11H2,1-5H3. The van der Waals surface area contributed by atoms with Gasteiger partial charge < -0.3 is 15.3 Å². The van der Waals surface area contributed by atoms with Crippen molar-refractivity contribution in [1.29, 1.82) is 0 Å². The van der Waals surface area contributed by atoms with E-state index in [0.717, 1.165) is 41.5 Å². The predicted octanol–water partition coefficient (Wildman–Crippen LogP) is 8.63. The van der Waals surface area contributed by atoms with Crippen LogP contribution in [0.1, 0.15) is 95.2 Å². The van der Waals surface area contributed by atoms with Gasteiger partial charge in [0.2, 0.25) is 0 Å². The molecule has 0 bridgehead atoms. The summed E-state index contributed by atoms with van der Waals surface area (Å²) >= 11 is 0. The van der Waals surface area contributed by atoms with E-state index in [9.17, 15) is 15.3 Å². The molecular formula is C31H40O3. The minimum atomic E-state index is -0.338. The van der Waals surface area contributed by atoms with E-state index in [2.05, 4.69) is 65.0 Å². The van der Waals surface area contributed by atoms with Gasteiger partial charge in [0.25, 0.3) is 0 Å². The summed E-state index contributed by atoms with van der Waals surface area (Å²) in [5, 5.41) is 31.5. The number of aromatic hydroxyl groups is 3. The lowest BCUT2D eigenvalue weighted by molar-refractivity contribution is 0.366. The van der Waals surface area contributed by atoms with Crippen LogP contribution in [-0.4, -0.2) is 15.3 Å². The van der Waals surface area contributed by atoms with Gasteiger partial charge in [-0.2, -0.15) is 0 Å². The second-order valence-electron chi connectivity index (χ2n) is 10.2. The summed E-state index contributed by atoms with van der Waals surface area (Å²) in [5.74, 6) is 1.11. The van der Waals surface area contributed by atoms with E-state index in [0.29, 0.717) is 5.92 Å². The molecular weight excluding hydrogens is 420 g/mol. The lowest BCUT2D eigenvalue weighted by atomic mass is 9.68. The topological polar surface area (TPSA) is 60.7 Å². The van der Waals surface area contributed by atoms with E-state index in [1.807, 2.05) is 6.07 Å². The molecule has 3 aromatic rings. The van der Waals surface area contributed by atoms with E-state index < -0.39 is 0 Å². The van der Waals surface area contributed by atoms with Crippen LogP contribution in [0, 0.1) is 0 Å². The second kappa shape index (κ2) is 11.0. The van der Waals surface area contributed by atoms with Crippen molar-refractivity contribution in [3.05, 3.63) is 77.4 Å². The highest BCUT2D eigenvalue weighted by Crippen LogP contribution is 2.47. The Hall–Kier alpha value is -2.94. The smallest absolute Gasteiger partial charge is 0.123 e. The van der Waals surface area contributed by atoms with Crippen LogP contribution in [0.5, 0.6) is 17.2 Å². The summed E-state index contributed by atoms with van der Waals surface area (Å²) in [6, 6.07) is 19.1. The molecule has 0 saturated heterocycles. The Kier molecular flexibility index (Phi) is 8.30. The summed E-state index contributed by atoms with van der Waals surface area (Å²) in [5.41, 5.74) is 4.65. The fraction of sp³-hybridized carbons (Fsp3) is 0.419. The maximum Gasteiger partial charge on any atom is 0.123 e. The van der Waals surface area contributed by atoms with Gasteiger partial charge in [-0.1, -0.05) is 84.2 Å². The average Bonchev–Trinajstić information content (AvgIpc) is 2.82. The van der Waals surface area contributed by atoms with Crippen molar-refractivity contribution < 1.29 is 15.3 Å². The normalized spacial score (nSPS) is 13.6. The van der Waals surface area contributed by atoms with Crippen molar-refractivity contribution in [3.63, 3.8) is 0 Å². The summed E-state index contributed by atoms with van der Waals surface area (Å²) in [6.07, 6.45) is 5.37. The molecule has 3 rings (SSSR count). The number of hydrogen-bond donors (Lipinski definition) is 3. The number of phenols is 3. The first-order valence-corrected chi connectivity index (χ1v) is 12.6. The zero-order valence-electron chi connectivity index (χ0n) is 21.3. The SMILES string of the molecule is CCCCC(C)c1cccc(-c2cc(C(C)(C)C(CCC)c3cc(O)ccc3O)ccc2O)c1. The number of phenolic OH excluding ortho intramolecular Hbond substituents is 3. The third-order valence-corrected chi connectivity index (χ3v) is 7.33. The van der Waals surface area contributed by atoms with Crippen LogP contribution < -0.4 is 0 Å². The largest absolute Gasteiger partial charge is 0.508 e. The third kappa shape index (κ3) is 5.58. The molecule has 0 saturated carbocycles. The van der Waals surface area contributed by atoms with E-state index in [1.54, 1.807) is 18.2 Å². The molecule has 2 atom stereocenters. The van der Waals surface area contributed by atoms with Gasteiger partial charge in [-0.25, -0.2) is 0 Å². The average molecular weight is 461 g/mol. The highest BCUT2D eigenvalue weighted by molar-refractivity contribution is 5.72. The Morgan fingerprint density at radius 2 is 1.53 bits per heavy atom. The van der Waals surface area contributed by atoms with Crippen molar-refractivity contribution >= 4 is 0 Å². The molecule has 0 fully saturated rings. The highest BCUT2D eigenvalue weighted by atomic mass is 16.3. The van der Waals surface area contributed by atoms with Crippen LogP contribution in [0.25, 0.3) is 11.1 Å². The van der Waals surface area contributed by atoms with Gasteiger partial charge in [0.15, 0.2) is 0 Å². The molecule has 0 amide bonds. The predicted molar refractivity (Wildman–Crippen MR) is 142 cm³/mol. The Balaban J connectivity index is 2.04. The Bertz CT molecular complexity index is 1100. The fourth-order valence-electron chi connectivity index (χ4n) is 5.07. The first-order chi connectivity index (χ1) is 16.2. The maximum atomic E-state index is 10.8. The number of rotatable bonds is 10. The van der Waals surface area contributed by atoms with E-state index in [1.165, 1.54) is 24.5 Å². The second-order valence-corrected chi connectivity index (χ2v) is 10.2. The van der Waals surface area contributed by atoms with E-state index in [4.69, 9.17) is 0 Å². The molecule has 3 nitrogen and oxygen atoms in total. The first kappa shape index (κ1) is 25.7. The molecule has 0 aliphatic rings. The molecule has 182 valence electrons. The van der Waals surface area contributed by atoms with Crippen LogP contribution in [-0.2, 0) is 5.41 Å². The van der Waals surface area contributed by atoms with Gasteiger partial charge in [0.05, 0.1) is 0 Å². The third-order valence-electron chi connectivity index (χ3n) is 7.33. The van der Waals surface area contributed by atoms with Gasteiger partial charge in [0, 0.05) is 11.1 Å². The lowest BCUT2D eigenvalue weighted by Crippen LogP contribution is -2.27. The summed E-state index contributed by atoms with van der Waals surface area (Å²) < 4.78 is 0. The molecule has 0 spiro atoms. The van der Waals surface area contributed by atoms with Gasteiger partial charge in [-0.05, 0) is 77.1 Å². The summed E-state index contributed by atoms with van der Waals surface area (Å²) in [6.45, 7) is 11.0. The number of unbranched alkanes of at least 4 members (excludes halogenated alkanes) is 1. The van der Waals surface area contributed by atoms with Crippen molar-refractivity contribution in [1.82, 2.24) is 0 Å². The molecule has 0 aliphatic carbocycles. The van der Waals surface area contributed by atoms with Gasteiger partial charge in [-0.15, -0.1) is 0 Å². The summed E-state index contributed by atoms with van der Waals surface area (Å²) in [7, 11) is 0. The molecule has 0 aromatic heterocycles. The maximum absolute atomic E-state index is 10.8. The van der Waals surface area contributed by atoms with Crippen LogP contribution >= 0.6 is 0 Å². The Morgan fingerprint density at radius 3 is 2.24 bits per heavy atom. The lowest BCUT2D eigenvalue weighted by Gasteiger charge is -2.36. The van der Waals surface area contributed by atoms with Crippen molar-refractivity contribution in [2.75, 3.05) is 0 Å².